The summed E-state index contributed by atoms with van der Waals surface area (Å²) in [6.45, 7) is 4.47. The lowest BCUT2D eigenvalue weighted by Crippen LogP contribution is -2.15. The largest absolute Gasteiger partial charge is 0.396 e. The molecule has 0 amide bonds. The lowest BCUT2D eigenvalue weighted by molar-refractivity contribution is 0.219. The highest BCUT2D eigenvalue weighted by Gasteiger charge is 2.31. The molecule has 1 aliphatic rings. The van der Waals surface area contributed by atoms with Gasteiger partial charge in [0.2, 0.25) is 0 Å². The van der Waals surface area contributed by atoms with Crippen LogP contribution in [0.1, 0.15) is 17.0 Å². The standard InChI is InChI=1S/C13H19NO/c1-10-3-5-11(6-4-10)13-8-14(2)7-12(13)9-15/h3-6,12-13,15H,7-9H2,1-2H3. The third-order valence-electron chi connectivity index (χ3n) is 3.36. The fourth-order valence-electron chi connectivity index (χ4n) is 2.46. The van der Waals surface area contributed by atoms with E-state index in [1.165, 1.54) is 11.1 Å². The van der Waals surface area contributed by atoms with Crippen LogP contribution in [-0.2, 0) is 0 Å². The molecule has 0 aromatic heterocycles. The van der Waals surface area contributed by atoms with Crippen LogP contribution < -0.4 is 0 Å². The van der Waals surface area contributed by atoms with Gasteiger partial charge in [0.15, 0.2) is 0 Å². The van der Waals surface area contributed by atoms with E-state index in [4.69, 9.17) is 0 Å². The van der Waals surface area contributed by atoms with E-state index >= 15 is 0 Å². The number of hydrogen-bond donors (Lipinski definition) is 1. The number of benzene rings is 1. The maximum absolute atomic E-state index is 9.34. The number of likely N-dealkylation sites (tertiary alicyclic amines) is 1. The fourth-order valence-corrected chi connectivity index (χ4v) is 2.46. The average molecular weight is 205 g/mol. The Morgan fingerprint density at radius 1 is 1.27 bits per heavy atom. The van der Waals surface area contributed by atoms with Crippen LogP contribution in [0.15, 0.2) is 24.3 Å². The van der Waals surface area contributed by atoms with Gasteiger partial charge in [0.1, 0.15) is 0 Å². The van der Waals surface area contributed by atoms with Gasteiger partial charge >= 0.3 is 0 Å². The summed E-state index contributed by atoms with van der Waals surface area (Å²) in [6.07, 6.45) is 0. The van der Waals surface area contributed by atoms with Crippen LogP contribution in [0, 0.1) is 12.8 Å². The first-order valence-corrected chi connectivity index (χ1v) is 5.56. The molecule has 0 saturated carbocycles. The Balaban J connectivity index is 2.19. The summed E-state index contributed by atoms with van der Waals surface area (Å²) < 4.78 is 0. The van der Waals surface area contributed by atoms with Crippen LogP contribution in [0.25, 0.3) is 0 Å². The van der Waals surface area contributed by atoms with Crippen molar-refractivity contribution in [2.24, 2.45) is 5.92 Å². The topological polar surface area (TPSA) is 23.5 Å². The van der Waals surface area contributed by atoms with Gasteiger partial charge in [-0.05, 0) is 19.5 Å². The van der Waals surface area contributed by atoms with Gasteiger partial charge in [-0.15, -0.1) is 0 Å². The van der Waals surface area contributed by atoms with Crippen molar-refractivity contribution < 1.29 is 5.11 Å². The minimum Gasteiger partial charge on any atom is -0.396 e. The minimum absolute atomic E-state index is 0.295. The molecule has 1 heterocycles. The van der Waals surface area contributed by atoms with E-state index in [2.05, 4.69) is 43.1 Å². The van der Waals surface area contributed by atoms with Crippen LogP contribution >= 0.6 is 0 Å². The van der Waals surface area contributed by atoms with E-state index in [0.717, 1.165) is 13.1 Å². The predicted octanol–water partition coefficient (Wildman–Crippen LogP) is 1.63. The number of aliphatic hydroxyl groups is 1. The molecule has 1 aliphatic heterocycles. The maximum Gasteiger partial charge on any atom is 0.0477 e. The van der Waals surface area contributed by atoms with Gasteiger partial charge in [-0.1, -0.05) is 29.8 Å². The second-order valence-corrected chi connectivity index (χ2v) is 4.68. The van der Waals surface area contributed by atoms with Crippen LogP contribution in [0.4, 0.5) is 0 Å². The zero-order valence-electron chi connectivity index (χ0n) is 9.48. The second-order valence-electron chi connectivity index (χ2n) is 4.68. The summed E-state index contributed by atoms with van der Waals surface area (Å²) in [5, 5.41) is 9.34. The number of likely N-dealkylation sites (N-methyl/N-ethyl adjacent to an activating group) is 1. The summed E-state index contributed by atoms with van der Waals surface area (Å²) in [7, 11) is 2.12. The molecule has 1 aromatic rings. The smallest absolute Gasteiger partial charge is 0.0477 e. The van der Waals surface area contributed by atoms with Gasteiger partial charge < -0.3 is 10.0 Å². The van der Waals surface area contributed by atoms with E-state index < -0.39 is 0 Å². The molecule has 2 unspecified atom stereocenters. The Kier molecular flexibility index (Phi) is 3.08. The van der Waals surface area contributed by atoms with E-state index in [1.54, 1.807) is 0 Å². The Morgan fingerprint density at radius 3 is 2.53 bits per heavy atom. The monoisotopic (exact) mass is 205 g/mol. The van der Waals surface area contributed by atoms with Crippen LogP contribution in [0.3, 0.4) is 0 Å². The van der Waals surface area contributed by atoms with E-state index in [0.29, 0.717) is 18.4 Å². The third kappa shape index (κ3) is 2.21. The zero-order valence-corrected chi connectivity index (χ0v) is 9.48. The molecule has 0 spiro atoms. The average Bonchev–Trinajstić information content (AvgIpc) is 2.61. The van der Waals surface area contributed by atoms with Crippen molar-refractivity contribution in [3.8, 4) is 0 Å². The number of hydrogen-bond acceptors (Lipinski definition) is 2. The number of aliphatic hydroxyl groups excluding tert-OH is 1. The summed E-state index contributed by atoms with van der Waals surface area (Å²) in [5.41, 5.74) is 2.66. The van der Waals surface area contributed by atoms with E-state index in [-0.39, 0.29) is 0 Å². The molecule has 2 atom stereocenters. The predicted molar refractivity (Wildman–Crippen MR) is 62.0 cm³/mol. The summed E-state index contributed by atoms with van der Waals surface area (Å²) >= 11 is 0. The molecule has 2 heteroatoms. The molecule has 1 aromatic carbocycles. The highest BCUT2D eigenvalue weighted by atomic mass is 16.3. The fraction of sp³-hybridized carbons (Fsp3) is 0.538. The molecular weight excluding hydrogens is 186 g/mol. The molecule has 2 rings (SSSR count). The van der Waals surface area contributed by atoms with Gasteiger partial charge in [0.05, 0.1) is 0 Å². The first-order chi connectivity index (χ1) is 7.20. The normalized spacial score (nSPS) is 27.1. The van der Waals surface area contributed by atoms with Gasteiger partial charge in [-0.2, -0.15) is 0 Å². The summed E-state index contributed by atoms with van der Waals surface area (Å²) in [5.74, 6) is 0.901. The van der Waals surface area contributed by atoms with Crippen LogP contribution in [0.2, 0.25) is 0 Å². The number of nitrogens with zero attached hydrogens (tertiary/aromatic N) is 1. The Labute approximate surface area is 91.5 Å². The van der Waals surface area contributed by atoms with Crippen molar-refractivity contribution in [2.75, 3.05) is 26.7 Å². The summed E-state index contributed by atoms with van der Waals surface area (Å²) in [4.78, 5) is 2.30. The van der Waals surface area contributed by atoms with Crippen molar-refractivity contribution in [3.63, 3.8) is 0 Å². The van der Waals surface area contributed by atoms with Crippen molar-refractivity contribution in [2.45, 2.75) is 12.8 Å². The Morgan fingerprint density at radius 2 is 1.93 bits per heavy atom. The molecule has 0 aliphatic carbocycles. The first kappa shape index (κ1) is 10.7. The molecule has 2 nitrogen and oxygen atoms in total. The minimum atomic E-state index is 0.295. The molecule has 15 heavy (non-hydrogen) atoms. The Hall–Kier alpha value is -0.860. The lowest BCUT2D eigenvalue weighted by Gasteiger charge is -2.16. The van der Waals surface area contributed by atoms with Gasteiger partial charge in [-0.3, -0.25) is 0 Å². The Bertz CT molecular complexity index is 320. The lowest BCUT2D eigenvalue weighted by atomic mass is 9.89. The molecule has 82 valence electrons. The first-order valence-electron chi connectivity index (χ1n) is 5.56. The van der Waals surface area contributed by atoms with Gasteiger partial charge in [0, 0.05) is 31.5 Å². The molecule has 1 saturated heterocycles. The van der Waals surface area contributed by atoms with E-state index in [9.17, 15) is 5.11 Å². The number of aryl methyl sites for hydroxylation is 1. The highest BCUT2D eigenvalue weighted by molar-refractivity contribution is 5.26. The second kappa shape index (κ2) is 4.33. The van der Waals surface area contributed by atoms with Crippen molar-refractivity contribution >= 4 is 0 Å². The van der Waals surface area contributed by atoms with Gasteiger partial charge in [0.25, 0.3) is 0 Å². The van der Waals surface area contributed by atoms with Crippen molar-refractivity contribution in [1.29, 1.82) is 0 Å². The molecular formula is C13H19NO. The SMILES string of the molecule is Cc1ccc(C2CN(C)CC2CO)cc1. The van der Waals surface area contributed by atoms with Crippen LogP contribution in [0.5, 0.6) is 0 Å². The number of rotatable bonds is 2. The van der Waals surface area contributed by atoms with Crippen molar-refractivity contribution in [3.05, 3.63) is 35.4 Å². The molecule has 1 fully saturated rings. The molecule has 1 N–H and O–H groups in total. The van der Waals surface area contributed by atoms with Crippen LogP contribution in [-0.4, -0.2) is 36.8 Å². The van der Waals surface area contributed by atoms with E-state index in [1.807, 2.05) is 0 Å². The third-order valence-corrected chi connectivity index (χ3v) is 3.36. The maximum atomic E-state index is 9.34. The quantitative estimate of drug-likeness (QED) is 0.793. The molecule has 0 radical (unpaired) electrons. The highest BCUT2D eigenvalue weighted by Crippen LogP contribution is 2.31. The van der Waals surface area contributed by atoms with Gasteiger partial charge in [-0.25, -0.2) is 0 Å². The van der Waals surface area contributed by atoms with Crippen molar-refractivity contribution in [1.82, 2.24) is 4.90 Å². The molecule has 0 bridgehead atoms. The zero-order chi connectivity index (χ0) is 10.8. The summed E-state index contributed by atoms with van der Waals surface area (Å²) in [6, 6.07) is 8.70.